The molecule has 0 radical (unpaired) electrons. The maximum absolute atomic E-state index is 10.1. The molecule has 78 valence electrons. The normalized spacial score (nSPS) is 34.8. The van der Waals surface area contributed by atoms with E-state index in [1.807, 2.05) is 0 Å². The Morgan fingerprint density at radius 2 is 1.46 bits per heavy atom. The molecule has 1 nitrogen and oxygen atoms in total. The van der Waals surface area contributed by atoms with Gasteiger partial charge >= 0.3 is 0 Å². The van der Waals surface area contributed by atoms with Crippen molar-refractivity contribution >= 4 is 0 Å². The monoisotopic (exact) mass is 184 g/mol. The van der Waals surface area contributed by atoms with Crippen LogP contribution in [0, 0.1) is 11.8 Å². The van der Waals surface area contributed by atoms with Crippen molar-refractivity contribution < 1.29 is 5.11 Å². The minimum absolute atomic E-state index is 0.00801. The fourth-order valence-electron chi connectivity index (χ4n) is 2.74. The van der Waals surface area contributed by atoms with Crippen LogP contribution in [0.1, 0.15) is 58.8 Å². The van der Waals surface area contributed by atoms with Crippen LogP contribution in [0.25, 0.3) is 0 Å². The zero-order valence-corrected chi connectivity index (χ0v) is 9.13. The Hall–Kier alpha value is -0.0400. The van der Waals surface area contributed by atoms with E-state index in [9.17, 15) is 5.11 Å². The van der Waals surface area contributed by atoms with E-state index in [4.69, 9.17) is 0 Å². The van der Waals surface area contributed by atoms with Crippen molar-refractivity contribution in [1.29, 1.82) is 0 Å². The summed E-state index contributed by atoms with van der Waals surface area (Å²) in [4.78, 5) is 0. The molecule has 1 fully saturated rings. The standard InChI is InChI=1S/C12H24O/c1-3-6-10-8-5-9-11(7-4-2)12(10)13/h10-13H,3-9H2,1-2H3. The van der Waals surface area contributed by atoms with Gasteiger partial charge in [0.2, 0.25) is 0 Å². The topological polar surface area (TPSA) is 20.2 Å². The molecule has 0 spiro atoms. The smallest absolute Gasteiger partial charge is 0.0596 e. The molecule has 13 heavy (non-hydrogen) atoms. The van der Waals surface area contributed by atoms with E-state index in [1.165, 1.54) is 44.9 Å². The fourth-order valence-corrected chi connectivity index (χ4v) is 2.74. The van der Waals surface area contributed by atoms with Gasteiger partial charge in [0, 0.05) is 0 Å². The van der Waals surface area contributed by atoms with Crippen molar-refractivity contribution in [2.24, 2.45) is 11.8 Å². The number of aliphatic hydroxyl groups excluding tert-OH is 1. The van der Waals surface area contributed by atoms with Gasteiger partial charge in [-0.05, 0) is 37.5 Å². The molecule has 1 rings (SSSR count). The van der Waals surface area contributed by atoms with Gasteiger partial charge in [0.25, 0.3) is 0 Å². The van der Waals surface area contributed by atoms with E-state index in [2.05, 4.69) is 13.8 Å². The molecule has 0 bridgehead atoms. The summed E-state index contributed by atoms with van der Waals surface area (Å²) in [6.07, 6.45) is 8.76. The van der Waals surface area contributed by atoms with Gasteiger partial charge in [0.05, 0.1) is 6.10 Å². The summed E-state index contributed by atoms with van der Waals surface area (Å²) in [5.74, 6) is 1.21. The predicted octanol–water partition coefficient (Wildman–Crippen LogP) is 3.36. The van der Waals surface area contributed by atoms with Crippen molar-refractivity contribution in [3.8, 4) is 0 Å². The molecule has 1 heteroatoms. The largest absolute Gasteiger partial charge is 0.393 e. The Balaban J connectivity index is 2.40. The fraction of sp³-hybridized carbons (Fsp3) is 1.00. The average Bonchev–Trinajstić information content (AvgIpc) is 2.13. The number of hydrogen-bond acceptors (Lipinski definition) is 1. The summed E-state index contributed by atoms with van der Waals surface area (Å²) in [6, 6.07) is 0. The van der Waals surface area contributed by atoms with Gasteiger partial charge in [-0.1, -0.05) is 33.1 Å². The lowest BCUT2D eigenvalue weighted by atomic mass is 9.75. The molecule has 0 heterocycles. The van der Waals surface area contributed by atoms with E-state index in [-0.39, 0.29) is 6.10 Å². The summed E-state index contributed by atoms with van der Waals surface area (Å²) < 4.78 is 0. The minimum Gasteiger partial charge on any atom is -0.393 e. The highest BCUT2D eigenvalue weighted by molar-refractivity contribution is 4.81. The van der Waals surface area contributed by atoms with Gasteiger partial charge in [-0.15, -0.1) is 0 Å². The van der Waals surface area contributed by atoms with E-state index in [0.717, 1.165) is 0 Å². The second-order valence-corrected chi connectivity index (χ2v) is 4.52. The van der Waals surface area contributed by atoms with E-state index >= 15 is 0 Å². The molecule has 0 aliphatic heterocycles. The third kappa shape index (κ3) is 2.98. The third-order valence-electron chi connectivity index (χ3n) is 3.43. The van der Waals surface area contributed by atoms with Crippen LogP contribution >= 0.6 is 0 Å². The quantitative estimate of drug-likeness (QED) is 0.710. The lowest BCUT2D eigenvalue weighted by Gasteiger charge is -2.34. The van der Waals surface area contributed by atoms with Crippen LogP contribution in [0.2, 0.25) is 0 Å². The Morgan fingerprint density at radius 3 is 1.85 bits per heavy atom. The number of aliphatic hydroxyl groups is 1. The second kappa shape index (κ2) is 5.64. The highest BCUT2D eigenvalue weighted by Gasteiger charge is 2.30. The van der Waals surface area contributed by atoms with E-state index in [0.29, 0.717) is 11.8 Å². The van der Waals surface area contributed by atoms with Crippen LogP contribution in [0.15, 0.2) is 0 Å². The summed E-state index contributed by atoms with van der Waals surface area (Å²) in [7, 11) is 0. The first-order valence-electron chi connectivity index (χ1n) is 5.97. The molecular formula is C12H24O. The van der Waals surface area contributed by atoms with Gasteiger partial charge in [0.1, 0.15) is 0 Å². The van der Waals surface area contributed by atoms with Gasteiger partial charge in [0.15, 0.2) is 0 Å². The van der Waals surface area contributed by atoms with Gasteiger partial charge < -0.3 is 5.11 Å². The number of hydrogen-bond donors (Lipinski definition) is 1. The molecular weight excluding hydrogens is 160 g/mol. The van der Waals surface area contributed by atoms with Crippen LogP contribution in [0.4, 0.5) is 0 Å². The molecule has 1 saturated carbocycles. The highest BCUT2D eigenvalue weighted by Crippen LogP contribution is 2.34. The first kappa shape index (κ1) is 11.0. The van der Waals surface area contributed by atoms with E-state index < -0.39 is 0 Å². The lowest BCUT2D eigenvalue weighted by molar-refractivity contribution is 0.00981. The molecule has 2 unspecified atom stereocenters. The van der Waals surface area contributed by atoms with Gasteiger partial charge in [-0.25, -0.2) is 0 Å². The molecule has 2 atom stereocenters. The summed E-state index contributed by atoms with van der Waals surface area (Å²) in [5.41, 5.74) is 0. The average molecular weight is 184 g/mol. The van der Waals surface area contributed by atoms with E-state index in [1.54, 1.807) is 0 Å². The van der Waals surface area contributed by atoms with Crippen LogP contribution in [0.3, 0.4) is 0 Å². The minimum atomic E-state index is 0.00801. The Kier molecular flexibility index (Phi) is 4.79. The second-order valence-electron chi connectivity index (χ2n) is 4.52. The lowest BCUT2D eigenvalue weighted by Crippen LogP contribution is -2.33. The number of rotatable bonds is 4. The Labute approximate surface area is 82.5 Å². The Morgan fingerprint density at radius 1 is 1.00 bits per heavy atom. The molecule has 0 aromatic rings. The van der Waals surface area contributed by atoms with Crippen LogP contribution < -0.4 is 0 Å². The molecule has 1 N–H and O–H groups in total. The molecule has 1 aliphatic carbocycles. The Bertz CT molecular complexity index is 115. The molecule has 1 aliphatic rings. The molecule has 0 aromatic carbocycles. The first-order chi connectivity index (χ1) is 6.29. The first-order valence-corrected chi connectivity index (χ1v) is 5.97. The zero-order valence-electron chi connectivity index (χ0n) is 9.13. The maximum Gasteiger partial charge on any atom is 0.0596 e. The summed E-state index contributed by atoms with van der Waals surface area (Å²) >= 11 is 0. The van der Waals surface area contributed by atoms with Crippen molar-refractivity contribution in [3.63, 3.8) is 0 Å². The SMILES string of the molecule is CCCC1CCCC(CCC)C1O. The van der Waals surface area contributed by atoms with Crippen molar-refractivity contribution in [2.75, 3.05) is 0 Å². The summed E-state index contributed by atoms with van der Waals surface area (Å²) in [5, 5.41) is 10.1. The van der Waals surface area contributed by atoms with Crippen molar-refractivity contribution in [2.45, 2.75) is 64.9 Å². The van der Waals surface area contributed by atoms with Crippen LogP contribution in [0.5, 0.6) is 0 Å². The third-order valence-corrected chi connectivity index (χ3v) is 3.43. The van der Waals surface area contributed by atoms with Crippen LogP contribution in [-0.4, -0.2) is 11.2 Å². The van der Waals surface area contributed by atoms with Gasteiger partial charge in [-0.3, -0.25) is 0 Å². The highest BCUT2D eigenvalue weighted by atomic mass is 16.3. The molecule has 0 aromatic heterocycles. The van der Waals surface area contributed by atoms with Gasteiger partial charge in [-0.2, -0.15) is 0 Å². The molecule has 0 amide bonds. The maximum atomic E-state index is 10.1. The summed E-state index contributed by atoms with van der Waals surface area (Å²) in [6.45, 7) is 4.44. The van der Waals surface area contributed by atoms with Crippen molar-refractivity contribution in [1.82, 2.24) is 0 Å². The predicted molar refractivity (Wildman–Crippen MR) is 56.7 cm³/mol. The zero-order chi connectivity index (χ0) is 9.68. The molecule has 0 saturated heterocycles. The van der Waals surface area contributed by atoms with Crippen molar-refractivity contribution in [3.05, 3.63) is 0 Å². The van der Waals surface area contributed by atoms with Crippen LogP contribution in [-0.2, 0) is 0 Å².